The molecule has 2 aromatic rings. The highest BCUT2D eigenvalue weighted by Crippen LogP contribution is 2.12. The van der Waals surface area contributed by atoms with Crippen LogP contribution in [0.3, 0.4) is 0 Å². The van der Waals surface area contributed by atoms with Crippen LogP contribution >= 0.6 is 11.3 Å². The molecule has 1 aromatic carbocycles. The minimum absolute atomic E-state index is 0.127. The summed E-state index contributed by atoms with van der Waals surface area (Å²) in [4.78, 5) is 26.4. The second kappa shape index (κ2) is 6.85. The van der Waals surface area contributed by atoms with Gasteiger partial charge in [0.2, 0.25) is 5.91 Å². The van der Waals surface area contributed by atoms with Gasteiger partial charge in [0.05, 0.1) is 18.5 Å². The van der Waals surface area contributed by atoms with E-state index in [1.807, 2.05) is 0 Å². The quantitative estimate of drug-likeness (QED) is 0.748. The molecule has 0 atom stereocenters. The normalized spacial score (nSPS) is 10.3. The Kier molecular flexibility index (Phi) is 4.89. The van der Waals surface area contributed by atoms with Crippen molar-refractivity contribution in [1.82, 2.24) is 10.3 Å². The Labute approximate surface area is 125 Å². The maximum Gasteiger partial charge on any atom is 0.309 e. The van der Waals surface area contributed by atoms with E-state index in [1.54, 1.807) is 29.6 Å². The average Bonchev–Trinajstić information content (AvgIpc) is 2.84. The number of carbonyl (C=O) groups excluding carboxylic acids is 1. The van der Waals surface area contributed by atoms with Gasteiger partial charge in [-0.1, -0.05) is 12.1 Å². The molecule has 110 valence electrons. The zero-order valence-electron chi connectivity index (χ0n) is 11.1. The molecule has 0 fully saturated rings. The van der Waals surface area contributed by atoms with Gasteiger partial charge in [-0.2, -0.15) is 0 Å². The number of nitrogens with one attached hydrogen (secondary N) is 1. The van der Waals surface area contributed by atoms with Crippen LogP contribution in [0.2, 0.25) is 0 Å². The summed E-state index contributed by atoms with van der Waals surface area (Å²) < 4.78 is 0. The molecule has 1 amide bonds. The number of carboxylic acid groups (broad SMARTS) is 1. The first-order valence-corrected chi connectivity index (χ1v) is 7.10. The summed E-state index contributed by atoms with van der Waals surface area (Å²) in [5.41, 5.74) is 1.35. The monoisotopic (exact) mass is 306 g/mol. The number of rotatable bonds is 6. The highest BCUT2D eigenvalue weighted by molar-refractivity contribution is 7.09. The maximum absolute atomic E-state index is 11.8. The van der Waals surface area contributed by atoms with Crippen molar-refractivity contribution < 1.29 is 19.8 Å². The number of carboxylic acids is 1. The fourth-order valence-electron chi connectivity index (χ4n) is 1.68. The summed E-state index contributed by atoms with van der Waals surface area (Å²) in [6.45, 7) is 0.368. The van der Waals surface area contributed by atoms with Crippen LogP contribution in [0.15, 0.2) is 29.6 Å². The van der Waals surface area contributed by atoms with Gasteiger partial charge < -0.3 is 15.5 Å². The molecule has 0 bridgehead atoms. The third-order valence-corrected chi connectivity index (χ3v) is 3.57. The Bertz CT molecular complexity index is 637. The van der Waals surface area contributed by atoms with Crippen LogP contribution in [-0.4, -0.2) is 27.1 Å². The number of phenolic OH excluding ortho intramolecular Hbond substituents is 1. The zero-order valence-corrected chi connectivity index (χ0v) is 11.9. The van der Waals surface area contributed by atoms with Gasteiger partial charge >= 0.3 is 5.97 Å². The predicted octanol–water partition coefficient (Wildman–Crippen LogP) is 1.33. The molecule has 0 aliphatic carbocycles. The van der Waals surface area contributed by atoms with Crippen LogP contribution in [-0.2, 0) is 29.0 Å². The van der Waals surface area contributed by atoms with Crippen LogP contribution in [0.25, 0.3) is 0 Å². The summed E-state index contributed by atoms with van der Waals surface area (Å²) in [5.74, 6) is -0.943. The summed E-state index contributed by atoms with van der Waals surface area (Å²) in [7, 11) is 0. The van der Waals surface area contributed by atoms with Crippen molar-refractivity contribution in [2.24, 2.45) is 0 Å². The Morgan fingerprint density at radius 3 is 2.57 bits per heavy atom. The number of hydrogen-bond acceptors (Lipinski definition) is 5. The van der Waals surface area contributed by atoms with Gasteiger partial charge in [0.1, 0.15) is 10.8 Å². The fourth-order valence-corrected chi connectivity index (χ4v) is 2.47. The first-order chi connectivity index (χ1) is 10.0. The second-order valence-electron chi connectivity index (χ2n) is 4.42. The predicted molar refractivity (Wildman–Crippen MR) is 77.1 cm³/mol. The van der Waals surface area contributed by atoms with Crippen LogP contribution in [0.4, 0.5) is 0 Å². The standard InChI is InChI=1S/C14H14N2O4S/c17-11-3-1-9(2-4-11)7-15-12(18)6-13-16-10(8-21-13)5-14(19)20/h1-4,8,17H,5-7H2,(H,15,18)(H,19,20). The number of benzene rings is 1. The largest absolute Gasteiger partial charge is 0.508 e. The SMILES string of the molecule is O=C(O)Cc1csc(CC(=O)NCc2ccc(O)cc2)n1. The average molecular weight is 306 g/mol. The van der Waals surface area contributed by atoms with E-state index in [1.165, 1.54) is 11.3 Å². The number of aliphatic carboxylic acids is 1. The Hall–Kier alpha value is -2.41. The van der Waals surface area contributed by atoms with Gasteiger partial charge in [0.15, 0.2) is 0 Å². The molecule has 0 saturated carbocycles. The molecule has 0 radical (unpaired) electrons. The van der Waals surface area contributed by atoms with Gasteiger partial charge in [-0.3, -0.25) is 9.59 Å². The fraction of sp³-hybridized carbons (Fsp3) is 0.214. The Morgan fingerprint density at radius 1 is 1.19 bits per heavy atom. The topological polar surface area (TPSA) is 99.5 Å². The number of aromatic hydroxyl groups is 1. The van der Waals surface area contributed by atoms with E-state index in [4.69, 9.17) is 10.2 Å². The smallest absolute Gasteiger partial charge is 0.309 e. The molecule has 0 aliphatic rings. The molecule has 0 unspecified atom stereocenters. The minimum atomic E-state index is -0.941. The molecule has 0 saturated heterocycles. The molecular formula is C14H14N2O4S. The highest BCUT2D eigenvalue weighted by Gasteiger charge is 2.09. The van der Waals surface area contributed by atoms with Crippen LogP contribution in [0.5, 0.6) is 5.75 Å². The number of nitrogens with zero attached hydrogens (tertiary/aromatic N) is 1. The summed E-state index contributed by atoms with van der Waals surface area (Å²) in [6, 6.07) is 6.56. The first-order valence-electron chi connectivity index (χ1n) is 6.22. The zero-order chi connectivity index (χ0) is 15.2. The lowest BCUT2D eigenvalue weighted by atomic mass is 10.2. The number of phenols is 1. The van der Waals surface area contributed by atoms with E-state index in [2.05, 4.69) is 10.3 Å². The molecule has 21 heavy (non-hydrogen) atoms. The van der Waals surface area contributed by atoms with E-state index in [0.29, 0.717) is 17.2 Å². The van der Waals surface area contributed by atoms with E-state index in [9.17, 15) is 9.59 Å². The molecule has 1 aromatic heterocycles. The maximum atomic E-state index is 11.8. The van der Waals surface area contributed by atoms with E-state index in [-0.39, 0.29) is 24.5 Å². The van der Waals surface area contributed by atoms with Crippen molar-refractivity contribution in [3.05, 3.63) is 45.9 Å². The van der Waals surface area contributed by atoms with E-state index < -0.39 is 5.97 Å². The molecule has 3 N–H and O–H groups in total. The Morgan fingerprint density at radius 2 is 1.90 bits per heavy atom. The molecule has 6 nitrogen and oxygen atoms in total. The number of amides is 1. The lowest BCUT2D eigenvalue weighted by Gasteiger charge is -2.04. The summed E-state index contributed by atoms with van der Waals surface area (Å²) in [6.07, 6.45) is -0.00596. The highest BCUT2D eigenvalue weighted by atomic mass is 32.1. The lowest BCUT2D eigenvalue weighted by molar-refractivity contribution is -0.136. The van der Waals surface area contributed by atoms with Crippen molar-refractivity contribution in [3.8, 4) is 5.75 Å². The molecule has 1 heterocycles. The third kappa shape index (κ3) is 4.88. The number of aromatic nitrogens is 1. The molecule has 7 heteroatoms. The van der Waals surface area contributed by atoms with Crippen LogP contribution < -0.4 is 5.32 Å². The molecule has 0 spiro atoms. The van der Waals surface area contributed by atoms with Crippen molar-refractivity contribution in [1.29, 1.82) is 0 Å². The van der Waals surface area contributed by atoms with Gasteiger partial charge in [-0.15, -0.1) is 11.3 Å². The molecule has 0 aliphatic heterocycles. The van der Waals surface area contributed by atoms with Crippen molar-refractivity contribution in [2.45, 2.75) is 19.4 Å². The van der Waals surface area contributed by atoms with Crippen molar-refractivity contribution >= 4 is 23.2 Å². The van der Waals surface area contributed by atoms with Gasteiger partial charge in [-0.25, -0.2) is 4.98 Å². The summed E-state index contributed by atoms with van der Waals surface area (Å²) >= 11 is 1.28. The first kappa shape index (κ1) is 15.0. The molecule has 2 rings (SSSR count). The van der Waals surface area contributed by atoms with Crippen LogP contribution in [0, 0.1) is 0 Å². The second-order valence-corrected chi connectivity index (χ2v) is 5.37. The van der Waals surface area contributed by atoms with Gasteiger partial charge in [-0.05, 0) is 17.7 Å². The van der Waals surface area contributed by atoms with Crippen molar-refractivity contribution in [3.63, 3.8) is 0 Å². The minimum Gasteiger partial charge on any atom is -0.508 e. The third-order valence-electron chi connectivity index (χ3n) is 2.67. The number of carbonyl (C=O) groups is 2. The van der Waals surface area contributed by atoms with Crippen molar-refractivity contribution in [2.75, 3.05) is 0 Å². The Balaban J connectivity index is 1.82. The van der Waals surface area contributed by atoms with E-state index in [0.717, 1.165) is 5.56 Å². The number of thiazole rings is 1. The molecular weight excluding hydrogens is 292 g/mol. The van der Waals surface area contributed by atoms with Gasteiger partial charge in [0.25, 0.3) is 0 Å². The van der Waals surface area contributed by atoms with Crippen LogP contribution in [0.1, 0.15) is 16.3 Å². The number of hydrogen-bond donors (Lipinski definition) is 3. The lowest BCUT2D eigenvalue weighted by Crippen LogP contribution is -2.24. The summed E-state index contributed by atoms with van der Waals surface area (Å²) in [5, 5.41) is 22.8. The van der Waals surface area contributed by atoms with E-state index >= 15 is 0 Å². The van der Waals surface area contributed by atoms with Gasteiger partial charge in [0, 0.05) is 11.9 Å².